The number of carbonyl (C=O) groups excluding carboxylic acids is 2. The van der Waals surface area contributed by atoms with Crippen molar-refractivity contribution < 1.29 is 9.59 Å². The van der Waals surface area contributed by atoms with Gasteiger partial charge in [-0.3, -0.25) is 9.69 Å². The molecule has 0 bridgehead atoms. The molecule has 0 aromatic heterocycles. The SMILES string of the molecule is CCCNC(CN1C(=O)CN(C)C1=O)c1ccc(C)cc1. The van der Waals surface area contributed by atoms with E-state index in [2.05, 4.69) is 36.5 Å². The third-order valence-corrected chi connectivity index (χ3v) is 3.72. The zero-order valence-corrected chi connectivity index (χ0v) is 12.9. The number of benzene rings is 1. The summed E-state index contributed by atoms with van der Waals surface area (Å²) < 4.78 is 0. The number of urea groups is 1. The van der Waals surface area contributed by atoms with Crippen LogP contribution in [-0.4, -0.2) is 48.4 Å². The van der Waals surface area contributed by atoms with Crippen LogP contribution in [-0.2, 0) is 4.79 Å². The molecule has 1 aromatic rings. The van der Waals surface area contributed by atoms with Gasteiger partial charge in [0.15, 0.2) is 0 Å². The van der Waals surface area contributed by atoms with Crippen molar-refractivity contribution in [3.63, 3.8) is 0 Å². The molecule has 3 amide bonds. The molecular formula is C16H23N3O2. The Hall–Kier alpha value is -1.88. The molecule has 1 unspecified atom stereocenters. The molecule has 0 aliphatic carbocycles. The van der Waals surface area contributed by atoms with Gasteiger partial charge in [-0.1, -0.05) is 36.8 Å². The molecule has 5 heteroatoms. The third-order valence-electron chi connectivity index (χ3n) is 3.72. The molecule has 1 aliphatic heterocycles. The lowest BCUT2D eigenvalue weighted by molar-refractivity contribution is -0.125. The summed E-state index contributed by atoms with van der Waals surface area (Å²) in [7, 11) is 1.65. The fraction of sp³-hybridized carbons (Fsp3) is 0.500. The standard InChI is InChI=1S/C16H23N3O2/c1-4-9-17-14(13-7-5-12(2)6-8-13)10-19-15(20)11-18(3)16(19)21/h5-8,14,17H,4,9-11H2,1-3H3. The van der Waals surface area contributed by atoms with Crippen molar-refractivity contribution in [2.45, 2.75) is 26.3 Å². The molecule has 1 aliphatic rings. The van der Waals surface area contributed by atoms with Gasteiger partial charge in [0.2, 0.25) is 5.91 Å². The monoisotopic (exact) mass is 289 g/mol. The highest BCUT2D eigenvalue weighted by molar-refractivity contribution is 6.01. The van der Waals surface area contributed by atoms with Gasteiger partial charge >= 0.3 is 6.03 Å². The first kappa shape index (κ1) is 15.5. The van der Waals surface area contributed by atoms with Gasteiger partial charge in [-0.05, 0) is 25.5 Å². The lowest BCUT2D eigenvalue weighted by Gasteiger charge is -2.24. The van der Waals surface area contributed by atoms with Crippen molar-refractivity contribution in [2.75, 3.05) is 26.7 Å². The highest BCUT2D eigenvalue weighted by Crippen LogP contribution is 2.18. The van der Waals surface area contributed by atoms with Crippen LogP contribution in [0.2, 0.25) is 0 Å². The molecule has 5 nitrogen and oxygen atoms in total. The van der Waals surface area contributed by atoms with Gasteiger partial charge in [0.1, 0.15) is 6.54 Å². The summed E-state index contributed by atoms with van der Waals surface area (Å²) in [4.78, 5) is 26.7. The Kier molecular flexibility index (Phi) is 4.96. The first-order chi connectivity index (χ1) is 10.0. The number of carbonyl (C=O) groups is 2. The Morgan fingerprint density at radius 1 is 1.24 bits per heavy atom. The molecule has 1 aromatic carbocycles. The largest absolute Gasteiger partial charge is 0.327 e. The van der Waals surface area contributed by atoms with Crippen molar-refractivity contribution in [1.29, 1.82) is 0 Å². The van der Waals surface area contributed by atoms with E-state index in [0.717, 1.165) is 18.5 Å². The Morgan fingerprint density at radius 3 is 2.43 bits per heavy atom. The molecule has 114 valence electrons. The summed E-state index contributed by atoms with van der Waals surface area (Å²) in [5, 5.41) is 3.42. The second kappa shape index (κ2) is 6.72. The van der Waals surface area contributed by atoms with Gasteiger partial charge in [0.05, 0.1) is 6.04 Å². The number of imide groups is 1. The summed E-state index contributed by atoms with van der Waals surface area (Å²) in [6.07, 6.45) is 1.00. The highest BCUT2D eigenvalue weighted by Gasteiger charge is 2.35. The van der Waals surface area contributed by atoms with E-state index in [-0.39, 0.29) is 24.5 Å². The molecule has 0 spiro atoms. The maximum atomic E-state index is 12.0. The zero-order valence-electron chi connectivity index (χ0n) is 12.9. The minimum absolute atomic E-state index is 0.0232. The number of nitrogens with zero attached hydrogens (tertiary/aromatic N) is 2. The van der Waals surface area contributed by atoms with E-state index in [0.29, 0.717) is 6.54 Å². The molecule has 0 saturated carbocycles. The second-order valence-electron chi connectivity index (χ2n) is 5.56. The van der Waals surface area contributed by atoms with Crippen LogP contribution in [0.5, 0.6) is 0 Å². The maximum absolute atomic E-state index is 12.0. The van der Waals surface area contributed by atoms with Gasteiger partial charge in [0, 0.05) is 13.6 Å². The quantitative estimate of drug-likeness (QED) is 0.814. The van der Waals surface area contributed by atoms with E-state index in [1.807, 2.05) is 6.92 Å². The number of hydrogen-bond acceptors (Lipinski definition) is 3. The predicted octanol–water partition coefficient (Wildman–Crippen LogP) is 1.93. The van der Waals surface area contributed by atoms with Crippen LogP contribution in [0.4, 0.5) is 4.79 Å². The molecule has 0 radical (unpaired) electrons. The van der Waals surface area contributed by atoms with Crippen LogP contribution < -0.4 is 5.32 Å². The summed E-state index contributed by atoms with van der Waals surface area (Å²) in [6.45, 7) is 5.54. The Balaban J connectivity index is 2.14. The molecule has 2 rings (SSSR count). The Bertz CT molecular complexity index is 513. The lowest BCUT2D eigenvalue weighted by Crippen LogP contribution is -2.39. The summed E-state index contributed by atoms with van der Waals surface area (Å²) in [5.74, 6) is -0.127. The van der Waals surface area contributed by atoms with Crippen molar-refractivity contribution in [1.82, 2.24) is 15.1 Å². The normalized spacial score (nSPS) is 16.7. The highest BCUT2D eigenvalue weighted by atomic mass is 16.2. The number of hydrogen-bond donors (Lipinski definition) is 1. The van der Waals surface area contributed by atoms with E-state index in [9.17, 15) is 9.59 Å². The van der Waals surface area contributed by atoms with Crippen molar-refractivity contribution in [3.8, 4) is 0 Å². The minimum Gasteiger partial charge on any atom is -0.318 e. The van der Waals surface area contributed by atoms with Crippen LogP contribution >= 0.6 is 0 Å². The number of rotatable bonds is 6. The fourth-order valence-electron chi connectivity index (χ4n) is 2.44. The van der Waals surface area contributed by atoms with Crippen LogP contribution in [0.15, 0.2) is 24.3 Å². The summed E-state index contributed by atoms with van der Waals surface area (Å²) in [5.41, 5.74) is 2.30. The van der Waals surface area contributed by atoms with Gasteiger partial charge in [-0.25, -0.2) is 4.79 Å². The van der Waals surface area contributed by atoms with E-state index in [4.69, 9.17) is 0 Å². The van der Waals surface area contributed by atoms with Crippen molar-refractivity contribution >= 4 is 11.9 Å². The summed E-state index contributed by atoms with van der Waals surface area (Å²) in [6, 6.07) is 7.97. The van der Waals surface area contributed by atoms with Crippen LogP contribution in [0, 0.1) is 6.92 Å². The van der Waals surface area contributed by atoms with Gasteiger partial charge in [-0.2, -0.15) is 0 Å². The number of amides is 3. The van der Waals surface area contributed by atoms with E-state index >= 15 is 0 Å². The average Bonchev–Trinajstić information content (AvgIpc) is 2.70. The number of aryl methyl sites for hydroxylation is 1. The van der Waals surface area contributed by atoms with Gasteiger partial charge < -0.3 is 10.2 Å². The van der Waals surface area contributed by atoms with Crippen LogP contribution in [0.25, 0.3) is 0 Å². The van der Waals surface area contributed by atoms with Crippen LogP contribution in [0.1, 0.15) is 30.5 Å². The first-order valence-electron chi connectivity index (χ1n) is 7.38. The molecule has 1 N–H and O–H groups in total. The predicted molar refractivity (Wildman–Crippen MR) is 82.0 cm³/mol. The lowest BCUT2D eigenvalue weighted by atomic mass is 10.0. The third kappa shape index (κ3) is 3.61. The maximum Gasteiger partial charge on any atom is 0.327 e. The molecular weight excluding hydrogens is 266 g/mol. The second-order valence-corrected chi connectivity index (χ2v) is 5.56. The topological polar surface area (TPSA) is 52.7 Å². The summed E-state index contributed by atoms with van der Waals surface area (Å²) >= 11 is 0. The van der Waals surface area contributed by atoms with E-state index in [1.165, 1.54) is 15.4 Å². The van der Waals surface area contributed by atoms with Crippen molar-refractivity contribution in [3.05, 3.63) is 35.4 Å². The van der Waals surface area contributed by atoms with Crippen LogP contribution in [0.3, 0.4) is 0 Å². The van der Waals surface area contributed by atoms with Crippen molar-refractivity contribution in [2.24, 2.45) is 0 Å². The fourth-order valence-corrected chi connectivity index (χ4v) is 2.44. The Labute approximate surface area is 125 Å². The molecule has 1 fully saturated rings. The molecule has 1 saturated heterocycles. The number of nitrogens with one attached hydrogen (secondary N) is 1. The molecule has 1 heterocycles. The zero-order chi connectivity index (χ0) is 15.4. The smallest absolute Gasteiger partial charge is 0.318 e. The Morgan fingerprint density at radius 2 is 1.90 bits per heavy atom. The average molecular weight is 289 g/mol. The number of likely N-dealkylation sites (N-methyl/N-ethyl adjacent to an activating group) is 1. The first-order valence-corrected chi connectivity index (χ1v) is 7.38. The molecule has 21 heavy (non-hydrogen) atoms. The van der Waals surface area contributed by atoms with E-state index < -0.39 is 0 Å². The minimum atomic E-state index is -0.213. The van der Waals surface area contributed by atoms with E-state index in [1.54, 1.807) is 7.05 Å². The molecule has 1 atom stereocenters. The van der Waals surface area contributed by atoms with Gasteiger partial charge in [0.25, 0.3) is 0 Å². The van der Waals surface area contributed by atoms with Gasteiger partial charge in [-0.15, -0.1) is 0 Å².